The predicted octanol–water partition coefficient (Wildman–Crippen LogP) is 6.65. The van der Waals surface area contributed by atoms with Crippen LogP contribution in [0.1, 0.15) is 111 Å². The van der Waals surface area contributed by atoms with E-state index in [9.17, 15) is 19.2 Å². The van der Waals surface area contributed by atoms with Gasteiger partial charge >= 0.3 is 0 Å². The number of anilines is 2. The van der Waals surface area contributed by atoms with Gasteiger partial charge in [0.15, 0.2) is 0 Å². The second-order valence-electron chi connectivity index (χ2n) is 20.7. The zero-order valence-corrected chi connectivity index (χ0v) is 40.3. The standard InChI is InChI=1S/C54H66N10O4/c1-34-31-60(32-37-6-12-45-44(28-37)54(3,4)53(68)64(45)46-13-15-49(65)58-51(46)66)26-27-63(34)33-36-17-22-62(23-18-36)52(67)40-9-7-38(8-10-40)39-19-24-61(25-20-39)35(2)47-29-43-42(16-21-56-50(43)59(47)5)41-11-14-48(55)57-30-41/h6-12,14,16,21,28-30,34-36,39,46H,13,15,17-20,22-27,31-33H2,1-5H3,(H2,55,57)(H,58,65,66)/t34-,35-,46?/m0/s1. The summed E-state index contributed by atoms with van der Waals surface area (Å²) in [7, 11) is 2.11. The largest absolute Gasteiger partial charge is 0.384 e. The van der Waals surface area contributed by atoms with E-state index in [4.69, 9.17) is 10.7 Å². The summed E-state index contributed by atoms with van der Waals surface area (Å²) in [5.41, 5.74) is 14.5. The number of hydrogen-bond donors (Lipinski definition) is 2. The number of nitrogens with zero attached hydrogens (tertiary/aromatic N) is 8. The molecule has 68 heavy (non-hydrogen) atoms. The molecule has 14 nitrogen and oxygen atoms in total. The van der Waals surface area contributed by atoms with Gasteiger partial charge in [0, 0.05) is 112 Å². The summed E-state index contributed by atoms with van der Waals surface area (Å²) in [5.74, 6) is 0.911. The van der Waals surface area contributed by atoms with E-state index in [1.807, 2.05) is 44.4 Å². The summed E-state index contributed by atoms with van der Waals surface area (Å²) >= 11 is 0. The Hall–Kier alpha value is -5.96. The summed E-state index contributed by atoms with van der Waals surface area (Å²) in [5, 5.41) is 3.54. The zero-order chi connectivity index (χ0) is 47.4. The van der Waals surface area contributed by atoms with Gasteiger partial charge in [-0.2, -0.15) is 0 Å². The van der Waals surface area contributed by atoms with Gasteiger partial charge in [0.25, 0.3) is 5.91 Å². The molecule has 0 aliphatic carbocycles. The Balaban J connectivity index is 0.678. The van der Waals surface area contributed by atoms with E-state index in [2.05, 4.69) is 104 Å². The van der Waals surface area contributed by atoms with Gasteiger partial charge < -0.3 is 15.2 Å². The molecule has 0 saturated carbocycles. The number of nitrogens with one attached hydrogen (secondary N) is 1. The lowest BCUT2D eigenvalue weighted by atomic mass is 9.85. The Morgan fingerprint density at radius 2 is 1.65 bits per heavy atom. The second-order valence-corrected chi connectivity index (χ2v) is 20.7. The molecule has 3 atom stereocenters. The molecule has 3 N–H and O–H groups in total. The number of aromatic nitrogens is 3. The van der Waals surface area contributed by atoms with Crippen molar-refractivity contribution in [2.75, 3.05) is 63.0 Å². The van der Waals surface area contributed by atoms with E-state index < -0.39 is 17.4 Å². The fourth-order valence-electron chi connectivity index (χ4n) is 11.9. The van der Waals surface area contributed by atoms with Crippen LogP contribution in [0.3, 0.4) is 0 Å². The number of nitrogens with two attached hydrogens (primary N) is 1. The molecule has 5 aliphatic heterocycles. The van der Waals surface area contributed by atoms with Crippen LogP contribution in [0, 0.1) is 5.92 Å². The lowest BCUT2D eigenvalue weighted by molar-refractivity contribution is -0.136. The third kappa shape index (κ3) is 8.71. The van der Waals surface area contributed by atoms with Crippen molar-refractivity contribution in [3.05, 3.63) is 107 Å². The van der Waals surface area contributed by atoms with Crippen LogP contribution in [0.2, 0.25) is 0 Å². The maximum absolute atomic E-state index is 13.8. The zero-order valence-electron chi connectivity index (χ0n) is 40.3. The molecule has 0 spiro atoms. The fourth-order valence-corrected chi connectivity index (χ4v) is 11.9. The fraction of sp³-hybridized carbons (Fsp3) is 0.481. The molecule has 4 amide bonds. The SMILES string of the molecule is C[C@H]1CN(Cc2ccc3c(c2)C(C)(C)C(=O)N3C2CCC(=O)NC2=O)CCN1CC1CCN(C(=O)c2ccc(C3CCN([C@@H](C)c4cc5c(-c6ccc(N)nc6)ccnc5n4C)CC3)cc2)CC1. The van der Waals surface area contributed by atoms with Gasteiger partial charge in [-0.1, -0.05) is 24.3 Å². The van der Waals surface area contributed by atoms with E-state index in [1.54, 1.807) is 4.90 Å². The molecule has 14 heteroatoms. The third-order valence-electron chi connectivity index (χ3n) is 16.1. The van der Waals surface area contributed by atoms with Crippen LogP contribution < -0.4 is 16.0 Å². The van der Waals surface area contributed by atoms with Crippen molar-refractivity contribution in [2.24, 2.45) is 13.0 Å². The minimum absolute atomic E-state index is 0.0967. The molecule has 356 valence electrons. The second kappa shape index (κ2) is 18.5. The lowest BCUT2D eigenvalue weighted by Gasteiger charge is -2.42. The molecule has 2 aromatic carbocycles. The number of aryl methyl sites for hydroxylation is 1. The molecule has 1 unspecified atom stereocenters. The Morgan fingerprint density at radius 1 is 0.882 bits per heavy atom. The minimum atomic E-state index is -0.757. The van der Waals surface area contributed by atoms with Crippen LogP contribution in [0.15, 0.2) is 79.1 Å². The monoisotopic (exact) mass is 919 g/mol. The molecule has 8 heterocycles. The highest BCUT2D eigenvalue weighted by Crippen LogP contribution is 2.44. The maximum atomic E-state index is 13.8. The van der Waals surface area contributed by atoms with Gasteiger partial charge in [-0.3, -0.25) is 44.1 Å². The number of hydrogen-bond acceptors (Lipinski definition) is 10. The highest BCUT2D eigenvalue weighted by atomic mass is 16.2. The molecule has 3 aromatic heterocycles. The highest BCUT2D eigenvalue weighted by Gasteiger charge is 2.49. The first-order valence-electron chi connectivity index (χ1n) is 24.8. The van der Waals surface area contributed by atoms with E-state index in [1.165, 1.54) is 11.3 Å². The van der Waals surface area contributed by atoms with Crippen molar-refractivity contribution in [1.82, 2.24) is 39.5 Å². The number of amides is 4. The van der Waals surface area contributed by atoms with Crippen molar-refractivity contribution in [3.8, 4) is 11.1 Å². The molecule has 0 radical (unpaired) electrons. The normalized spacial score (nSPS) is 22.8. The molecule has 4 saturated heterocycles. The molecule has 4 fully saturated rings. The van der Waals surface area contributed by atoms with Crippen LogP contribution >= 0.6 is 0 Å². The maximum Gasteiger partial charge on any atom is 0.253 e. The summed E-state index contributed by atoms with van der Waals surface area (Å²) in [4.78, 5) is 72.4. The minimum Gasteiger partial charge on any atom is -0.384 e. The average Bonchev–Trinajstić information content (AvgIpc) is 3.78. The first-order chi connectivity index (χ1) is 32.7. The highest BCUT2D eigenvalue weighted by molar-refractivity contribution is 6.13. The van der Waals surface area contributed by atoms with Crippen molar-refractivity contribution < 1.29 is 19.2 Å². The number of carbonyl (C=O) groups excluding carboxylic acids is 4. The Morgan fingerprint density at radius 3 is 2.35 bits per heavy atom. The number of pyridine rings is 2. The van der Waals surface area contributed by atoms with E-state index >= 15 is 0 Å². The summed E-state index contributed by atoms with van der Waals surface area (Å²) in [6.07, 6.45) is 8.46. The van der Waals surface area contributed by atoms with Gasteiger partial charge in [0.2, 0.25) is 17.7 Å². The van der Waals surface area contributed by atoms with Crippen LogP contribution in [0.25, 0.3) is 22.2 Å². The van der Waals surface area contributed by atoms with E-state index in [-0.39, 0.29) is 30.2 Å². The van der Waals surface area contributed by atoms with Gasteiger partial charge in [-0.15, -0.1) is 0 Å². The number of fused-ring (bicyclic) bond motifs is 2. The van der Waals surface area contributed by atoms with Gasteiger partial charge in [0.1, 0.15) is 17.5 Å². The molecule has 5 aliphatic rings. The number of likely N-dealkylation sites (tertiary alicyclic amines) is 2. The Bertz CT molecular complexity index is 2720. The number of benzene rings is 2. The Kier molecular flexibility index (Phi) is 12.5. The van der Waals surface area contributed by atoms with Crippen LogP contribution in [0.5, 0.6) is 0 Å². The predicted molar refractivity (Wildman–Crippen MR) is 265 cm³/mol. The van der Waals surface area contributed by atoms with E-state index in [0.717, 1.165) is 129 Å². The van der Waals surface area contributed by atoms with Crippen molar-refractivity contribution >= 4 is 46.2 Å². The number of carbonyl (C=O) groups is 4. The number of rotatable bonds is 10. The molecular weight excluding hydrogens is 853 g/mol. The molecular formula is C54H66N10O4. The first-order valence-corrected chi connectivity index (χ1v) is 24.8. The molecule has 10 rings (SSSR count). The quantitative estimate of drug-likeness (QED) is 0.146. The smallest absolute Gasteiger partial charge is 0.253 e. The summed E-state index contributed by atoms with van der Waals surface area (Å²) in [6.45, 7) is 16.9. The summed E-state index contributed by atoms with van der Waals surface area (Å²) in [6, 6.07) is 22.9. The van der Waals surface area contributed by atoms with Crippen LogP contribution in [0.4, 0.5) is 11.5 Å². The lowest BCUT2D eigenvalue weighted by Crippen LogP contribution is -2.55. The third-order valence-corrected chi connectivity index (χ3v) is 16.1. The van der Waals surface area contributed by atoms with Crippen LogP contribution in [-0.2, 0) is 33.4 Å². The van der Waals surface area contributed by atoms with Gasteiger partial charge in [-0.25, -0.2) is 9.97 Å². The van der Waals surface area contributed by atoms with Crippen molar-refractivity contribution in [2.45, 2.75) is 102 Å². The van der Waals surface area contributed by atoms with E-state index in [0.29, 0.717) is 30.1 Å². The number of piperazine rings is 1. The number of nitrogen functional groups attached to an aromatic ring is 1. The molecule has 5 aromatic rings. The average molecular weight is 919 g/mol. The van der Waals surface area contributed by atoms with Crippen molar-refractivity contribution in [3.63, 3.8) is 0 Å². The Labute approximate surface area is 399 Å². The number of imide groups is 1. The first kappa shape index (κ1) is 45.8. The summed E-state index contributed by atoms with van der Waals surface area (Å²) < 4.78 is 2.23. The van der Waals surface area contributed by atoms with Gasteiger partial charge in [-0.05, 0) is 149 Å². The van der Waals surface area contributed by atoms with Gasteiger partial charge in [0.05, 0.1) is 5.41 Å². The number of piperidine rings is 3. The molecule has 0 bridgehead atoms. The topological polar surface area (TPSA) is 153 Å². The van der Waals surface area contributed by atoms with Crippen molar-refractivity contribution in [1.29, 1.82) is 0 Å². The van der Waals surface area contributed by atoms with Crippen LogP contribution in [-0.4, -0.2) is 122 Å².